The summed E-state index contributed by atoms with van der Waals surface area (Å²) in [5.74, 6) is 1.56. The summed E-state index contributed by atoms with van der Waals surface area (Å²) in [6, 6.07) is 40.7. The molecule has 236 valence electrons. The van der Waals surface area contributed by atoms with Gasteiger partial charge in [0.2, 0.25) is 0 Å². The fourth-order valence-corrected chi connectivity index (χ4v) is 6.99. The van der Waals surface area contributed by atoms with Gasteiger partial charge in [0.25, 0.3) is 0 Å². The van der Waals surface area contributed by atoms with Crippen LogP contribution in [0.25, 0.3) is 54.6 Å². The minimum absolute atomic E-state index is 0.711. The highest BCUT2D eigenvalue weighted by Gasteiger charge is 2.23. The van der Waals surface area contributed by atoms with Crippen LogP contribution < -0.4 is 9.80 Å². The van der Waals surface area contributed by atoms with E-state index < -0.39 is 0 Å². The van der Waals surface area contributed by atoms with Crippen LogP contribution in [0.15, 0.2) is 167 Å². The largest absolute Gasteiger partial charge is 0.452 e. The number of hydrogen-bond donors (Lipinski definition) is 0. The van der Waals surface area contributed by atoms with Crippen molar-refractivity contribution >= 4 is 89.0 Å². The van der Waals surface area contributed by atoms with Gasteiger partial charge in [0.05, 0.1) is 35.1 Å². The van der Waals surface area contributed by atoms with Crippen molar-refractivity contribution in [2.24, 2.45) is 0 Å². The highest BCUT2D eigenvalue weighted by molar-refractivity contribution is 6.33. The number of furan rings is 2. The van der Waals surface area contributed by atoms with Gasteiger partial charge >= 0.3 is 0 Å². The zero-order valence-electron chi connectivity index (χ0n) is 26.5. The van der Waals surface area contributed by atoms with Crippen molar-refractivity contribution in [2.75, 3.05) is 9.80 Å². The van der Waals surface area contributed by atoms with Crippen molar-refractivity contribution in [1.82, 2.24) is 19.9 Å². The van der Waals surface area contributed by atoms with Crippen LogP contribution in [0.1, 0.15) is 0 Å². The second-order valence-electron chi connectivity index (χ2n) is 12.0. The van der Waals surface area contributed by atoms with E-state index in [0.29, 0.717) is 11.2 Å². The van der Waals surface area contributed by atoms with Gasteiger partial charge in [0, 0.05) is 58.5 Å². The standard InChI is InChI=1S/C42H26N6O2/c1-2-12-32-31(11-1)39-33-17-15-27(47(29-9-7-19-43-25-29)37-13-3-5-21-45-37)23-35(33)49-41(39)42-40(32)34-18-16-28(24-36(34)50-42)48(30-10-8-20-44-26-30)38-14-4-6-22-46-38/h1-26H. The second kappa shape index (κ2) is 11.3. The summed E-state index contributed by atoms with van der Waals surface area (Å²) in [6.45, 7) is 0. The second-order valence-corrected chi connectivity index (χ2v) is 12.0. The average molecular weight is 647 g/mol. The molecule has 0 N–H and O–H groups in total. The maximum absolute atomic E-state index is 6.80. The first-order valence-corrected chi connectivity index (χ1v) is 16.3. The average Bonchev–Trinajstić information content (AvgIpc) is 3.76. The molecule has 6 heterocycles. The number of rotatable bonds is 6. The lowest BCUT2D eigenvalue weighted by Crippen LogP contribution is -2.11. The molecule has 0 atom stereocenters. The van der Waals surface area contributed by atoms with Crippen molar-refractivity contribution in [3.8, 4) is 0 Å². The van der Waals surface area contributed by atoms with Crippen LogP contribution in [0.5, 0.6) is 0 Å². The van der Waals surface area contributed by atoms with Crippen LogP contribution in [0.4, 0.5) is 34.4 Å². The van der Waals surface area contributed by atoms with Crippen molar-refractivity contribution in [3.63, 3.8) is 0 Å². The summed E-state index contributed by atoms with van der Waals surface area (Å²) in [7, 11) is 0. The first-order chi connectivity index (χ1) is 24.8. The summed E-state index contributed by atoms with van der Waals surface area (Å²) in [5, 5.41) is 6.26. The van der Waals surface area contributed by atoms with Crippen molar-refractivity contribution in [3.05, 3.63) is 159 Å². The van der Waals surface area contributed by atoms with Gasteiger partial charge in [-0.25, -0.2) is 9.97 Å². The molecule has 0 aliphatic carbocycles. The van der Waals surface area contributed by atoms with Crippen LogP contribution in [0.2, 0.25) is 0 Å². The van der Waals surface area contributed by atoms with E-state index in [-0.39, 0.29) is 0 Å². The Bertz CT molecular complexity index is 2550. The summed E-state index contributed by atoms with van der Waals surface area (Å²) in [6.07, 6.45) is 10.8. The van der Waals surface area contributed by atoms with E-state index in [1.807, 2.05) is 73.1 Å². The summed E-state index contributed by atoms with van der Waals surface area (Å²) < 4.78 is 13.6. The van der Waals surface area contributed by atoms with Gasteiger partial charge in [-0.3, -0.25) is 19.8 Å². The third-order valence-corrected chi connectivity index (χ3v) is 9.10. The summed E-state index contributed by atoms with van der Waals surface area (Å²) in [4.78, 5) is 22.2. The van der Waals surface area contributed by atoms with Gasteiger partial charge in [0.15, 0.2) is 11.2 Å². The van der Waals surface area contributed by atoms with Crippen LogP contribution in [-0.4, -0.2) is 19.9 Å². The number of fused-ring (bicyclic) bond motifs is 10. The Morgan fingerprint density at radius 2 is 0.880 bits per heavy atom. The molecular weight excluding hydrogens is 621 g/mol. The molecule has 0 saturated carbocycles. The van der Waals surface area contributed by atoms with E-state index in [0.717, 1.165) is 77.9 Å². The van der Waals surface area contributed by atoms with Gasteiger partial charge in [-0.15, -0.1) is 0 Å². The minimum Gasteiger partial charge on any atom is -0.452 e. The molecule has 0 aliphatic heterocycles. The fourth-order valence-electron chi connectivity index (χ4n) is 6.99. The number of anilines is 6. The normalized spacial score (nSPS) is 11.6. The molecule has 8 heteroatoms. The molecule has 50 heavy (non-hydrogen) atoms. The van der Waals surface area contributed by atoms with Gasteiger partial charge in [0.1, 0.15) is 22.8 Å². The Labute approximate surface area is 285 Å². The minimum atomic E-state index is 0.711. The summed E-state index contributed by atoms with van der Waals surface area (Å²) >= 11 is 0. The number of nitrogens with zero attached hydrogens (tertiary/aromatic N) is 6. The Hall–Kier alpha value is -7.06. The lowest BCUT2D eigenvalue weighted by Gasteiger charge is -2.23. The molecule has 0 spiro atoms. The van der Waals surface area contributed by atoms with Gasteiger partial charge in [-0.2, -0.15) is 0 Å². The Kier molecular flexibility index (Phi) is 6.32. The third kappa shape index (κ3) is 4.39. The number of hydrogen-bond acceptors (Lipinski definition) is 8. The van der Waals surface area contributed by atoms with Crippen molar-refractivity contribution in [2.45, 2.75) is 0 Å². The highest BCUT2D eigenvalue weighted by atomic mass is 16.4. The fraction of sp³-hybridized carbons (Fsp3) is 0. The molecule has 0 radical (unpaired) electrons. The van der Waals surface area contributed by atoms with E-state index >= 15 is 0 Å². The van der Waals surface area contributed by atoms with E-state index in [1.165, 1.54) is 0 Å². The van der Waals surface area contributed by atoms with E-state index in [4.69, 9.17) is 8.83 Å². The molecule has 10 rings (SSSR count). The molecule has 8 nitrogen and oxygen atoms in total. The van der Waals surface area contributed by atoms with Crippen molar-refractivity contribution in [1.29, 1.82) is 0 Å². The molecule has 10 aromatic rings. The zero-order valence-corrected chi connectivity index (χ0v) is 26.5. The van der Waals surface area contributed by atoms with E-state index in [2.05, 4.69) is 90.4 Å². The lowest BCUT2D eigenvalue weighted by atomic mass is 9.98. The summed E-state index contributed by atoms with van der Waals surface area (Å²) in [5.41, 5.74) is 6.53. The maximum Gasteiger partial charge on any atom is 0.179 e. The van der Waals surface area contributed by atoms with Crippen molar-refractivity contribution < 1.29 is 8.83 Å². The predicted molar refractivity (Wildman–Crippen MR) is 199 cm³/mol. The Morgan fingerprint density at radius 3 is 1.30 bits per heavy atom. The molecular formula is C42H26N6O2. The SMILES string of the molecule is c1ccc(N(c2cccnc2)c2ccc3c(c2)oc2c4oc5cc(N(c6cccnc6)c6ccccn6)ccc5c4c4ccccc4c32)nc1. The quantitative estimate of drug-likeness (QED) is 0.176. The molecule has 0 fully saturated rings. The monoisotopic (exact) mass is 646 g/mol. The molecule has 0 amide bonds. The molecule has 6 aromatic heterocycles. The van der Waals surface area contributed by atoms with Crippen LogP contribution in [0, 0.1) is 0 Å². The van der Waals surface area contributed by atoms with E-state index in [9.17, 15) is 0 Å². The molecule has 0 aliphatic rings. The van der Waals surface area contributed by atoms with Crippen LogP contribution >= 0.6 is 0 Å². The molecule has 0 saturated heterocycles. The van der Waals surface area contributed by atoms with Gasteiger partial charge in [-0.1, -0.05) is 36.4 Å². The molecule has 4 aromatic carbocycles. The molecule has 0 unspecified atom stereocenters. The molecule has 0 bridgehead atoms. The third-order valence-electron chi connectivity index (χ3n) is 9.10. The maximum atomic E-state index is 6.80. The zero-order chi connectivity index (χ0) is 33.0. The number of aromatic nitrogens is 4. The topological polar surface area (TPSA) is 84.3 Å². The number of benzene rings is 4. The Morgan fingerprint density at radius 1 is 0.400 bits per heavy atom. The van der Waals surface area contributed by atoms with Crippen LogP contribution in [-0.2, 0) is 0 Å². The van der Waals surface area contributed by atoms with E-state index in [1.54, 1.807) is 24.8 Å². The first kappa shape index (κ1) is 28.0. The lowest BCUT2D eigenvalue weighted by molar-refractivity contribution is 0.633. The predicted octanol–water partition coefficient (Wildman–Crippen LogP) is 11.2. The highest BCUT2D eigenvalue weighted by Crippen LogP contribution is 2.47. The number of pyridine rings is 4. The smallest absolute Gasteiger partial charge is 0.179 e. The van der Waals surface area contributed by atoms with Gasteiger partial charge in [-0.05, 0) is 83.6 Å². The van der Waals surface area contributed by atoms with Crippen LogP contribution in [0.3, 0.4) is 0 Å². The van der Waals surface area contributed by atoms with Gasteiger partial charge < -0.3 is 8.83 Å². The Balaban J connectivity index is 1.20. The first-order valence-electron chi connectivity index (χ1n) is 16.3.